The van der Waals surface area contributed by atoms with Crippen molar-refractivity contribution < 1.29 is 23.1 Å². The maximum absolute atomic E-state index is 11.4. The van der Waals surface area contributed by atoms with E-state index in [1.165, 1.54) is 24.3 Å². The Labute approximate surface area is 76.6 Å². The number of rotatable bonds is 2. The fourth-order valence-corrected chi connectivity index (χ4v) is 0.659. The normalized spacial score (nSPS) is 11.9. The first-order valence-electron chi connectivity index (χ1n) is 3.43. The van der Waals surface area contributed by atoms with Crippen LogP contribution in [0.1, 0.15) is 0 Å². The van der Waals surface area contributed by atoms with Crippen LogP contribution in [0.5, 0.6) is 5.75 Å². The van der Waals surface area contributed by atoms with Crippen molar-refractivity contribution in [3.05, 3.63) is 24.3 Å². The minimum absolute atomic E-state index is 0.100. The van der Waals surface area contributed by atoms with Gasteiger partial charge in [-0.2, -0.15) is 0 Å². The first-order chi connectivity index (χ1) is 6.49. The zero-order valence-electron chi connectivity index (χ0n) is 6.69. The Bertz CT molecular complexity index is 338. The molecule has 0 unspecified atom stereocenters. The Morgan fingerprint density at radius 2 is 1.86 bits per heavy atom. The Morgan fingerprint density at radius 1 is 1.21 bits per heavy atom. The molecule has 0 aliphatic heterocycles. The fraction of sp³-hybridized carbons (Fsp3) is 0.143. The van der Waals surface area contributed by atoms with Crippen LogP contribution in [0, 0.1) is 0 Å². The lowest BCUT2D eigenvalue weighted by atomic mass is 10.3. The zero-order valence-corrected chi connectivity index (χ0v) is 6.69. The van der Waals surface area contributed by atoms with Crippen LogP contribution in [0.15, 0.2) is 34.7 Å². The largest absolute Gasteiger partial charge is 0.594 e. The van der Waals surface area contributed by atoms with E-state index in [1.54, 1.807) is 0 Å². The van der Waals surface area contributed by atoms with Gasteiger partial charge in [0, 0.05) is 5.28 Å². The molecule has 14 heavy (non-hydrogen) atoms. The van der Waals surface area contributed by atoms with Crippen molar-refractivity contribution in [2.75, 3.05) is 0 Å². The van der Waals surface area contributed by atoms with Crippen LogP contribution in [0.3, 0.4) is 0 Å². The van der Waals surface area contributed by atoms with Crippen molar-refractivity contribution in [1.29, 1.82) is 0 Å². The van der Waals surface area contributed by atoms with Crippen molar-refractivity contribution in [3.63, 3.8) is 0 Å². The standard InChI is InChI=1S/C7H5F3N2O2/c8-7(9,10)14-12-11-5-3-1-2-4-6(5)13/h1-4,13H. The average molecular weight is 206 g/mol. The fourth-order valence-electron chi connectivity index (χ4n) is 0.659. The topological polar surface area (TPSA) is 54.2 Å². The quantitative estimate of drug-likeness (QED) is 0.597. The van der Waals surface area contributed by atoms with Crippen LogP contribution >= 0.6 is 0 Å². The number of halogens is 3. The number of aromatic hydroxyl groups is 1. The van der Waals surface area contributed by atoms with E-state index in [0.717, 1.165) is 0 Å². The van der Waals surface area contributed by atoms with Crippen molar-refractivity contribution in [3.8, 4) is 5.75 Å². The number of phenolic OH excluding ortho intramolecular Hbond substituents is 1. The molecule has 0 aliphatic rings. The molecule has 1 rings (SSSR count). The third kappa shape index (κ3) is 3.30. The molecule has 0 saturated carbocycles. The van der Waals surface area contributed by atoms with E-state index in [2.05, 4.69) is 15.2 Å². The molecule has 4 nitrogen and oxygen atoms in total. The molecule has 76 valence electrons. The highest BCUT2D eigenvalue weighted by Gasteiger charge is 2.31. The second kappa shape index (κ2) is 3.95. The second-order valence-corrected chi connectivity index (χ2v) is 2.21. The number of alkyl halides is 3. The van der Waals surface area contributed by atoms with Gasteiger partial charge in [0.2, 0.25) is 0 Å². The molecule has 0 amide bonds. The lowest BCUT2D eigenvalue weighted by molar-refractivity contribution is -0.329. The molecule has 0 fully saturated rings. The maximum Gasteiger partial charge on any atom is 0.594 e. The highest BCUT2D eigenvalue weighted by Crippen LogP contribution is 2.26. The number of para-hydroxylation sites is 1. The van der Waals surface area contributed by atoms with Crippen LogP contribution in [-0.4, -0.2) is 11.5 Å². The molecule has 0 heterocycles. The molecule has 0 aromatic heterocycles. The van der Waals surface area contributed by atoms with Gasteiger partial charge >= 0.3 is 6.36 Å². The van der Waals surface area contributed by atoms with Crippen molar-refractivity contribution in [2.45, 2.75) is 6.36 Å². The zero-order chi connectivity index (χ0) is 10.6. The summed E-state index contributed by atoms with van der Waals surface area (Å²) in [6, 6.07) is 5.54. The van der Waals surface area contributed by atoms with Crippen LogP contribution in [0.25, 0.3) is 0 Å². The molecule has 7 heteroatoms. The minimum atomic E-state index is -4.87. The highest BCUT2D eigenvalue weighted by atomic mass is 19.4. The van der Waals surface area contributed by atoms with E-state index in [1.807, 2.05) is 0 Å². The molecule has 0 radical (unpaired) electrons. The second-order valence-electron chi connectivity index (χ2n) is 2.21. The van der Waals surface area contributed by atoms with Gasteiger partial charge in [0.1, 0.15) is 11.4 Å². The van der Waals surface area contributed by atoms with Gasteiger partial charge in [0.15, 0.2) is 0 Å². The molecule has 0 bridgehead atoms. The molecule has 1 aromatic rings. The van der Waals surface area contributed by atoms with Gasteiger partial charge in [-0.3, -0.25) is 4.84 Å². The molecular formula is C7H5F3N2O2. The van der Waals surface area contributed by atoms with E-state index < -0.39 is 6.36 Å². The van der Waals surface area contributed by atoms with Gasteiger partial charge in [-0.25, -0.2) is 0 Å². The summed E-state index contributed by atoms with van der Waals surface area (Å²) < 4.78 is 34.3. The summed E-state index contributed by atoms with van der Waals surface area (Å²) in [5, 5.41) is 14.5. The van der Waals surface area contributed by atoms with E-state index in [-0.39, 0.29) is 11.4 Å². The summed E-state index contributed by atoms with van der Waals surface area (Å²) in [7, 11) is 0. The average Bonchev–Trinajstić information content (AvgIpc) is 2.06. The van der Waals surface area contributed by atoms with Gasteiger partial charge in [-0.1, -0.05) is 12.1 Å². The molecule has 1 N–H and O–H groups in total. The number of phenols is 1. The Hall–Kier alpha value is -1.79. The summed E-state index contributed by atoms with van der Waals surface area (Å²) >= 11 is 0. The maximum atomic E-state index is 11.4. The first kappa shape index (κ1) is 10.3. The van der Waals surface area contributed by atoms with Crippen LogP contribution < -0.4 is 0 Å². The van der Waals surface area contributed by atoms with Crippen molar-refractivity contribution in [1.82, 2.24) is 0 Å². The molecular weight excluding hydrogens is 201 g/mol. The van der Waals surface area contributed by atoms with Gasteiger partial charge in [0.25, 0.3) is 0 Å². The van der Waals surface area contributed by atoms with Gasteiger partial charge in [-0.05, 0) is 12.1 Å². The molecule has 0 atom stereocenters. The van der Waals surface area contributed by atoms with E-state index >= 15 is 0 Å². The molecule has 0 saturated heterocycles. The monoisotopic (exact) mass is 206 g/mol. The lowest BCUT2D eigenvalue weighted by Gasteiger charge is -1.99. The van der Waals surface area contributed by atoms with Crippen LogP contribution in [0.2, 0.25) is 0 Å². The summed E-state index contributed by atoms with van der Waals surface area (Å²) in [6.07, 6.45) is -4.87. The van der Waals surface area contributed by atoms with Crippen molar-refractivity contribution >= 4 is 5.69 Å². The SMILES string of the molecule is Oc1ccccc1N=NOC(F)(F)F. The Kier molecular flexibility index (Phi) is 2.90. The minimum Gasteiger partial charge on any atom is -0.506 e. The number of hydrogen-bond donors (Lipinski definition) is 1. The predicted octanol–water partition coefficient (Wildman–Crippen LogP) is 2.93. The smallest absolute Gasteiger partial charge is 0.506 e. The van der Waals surface area contributed by atoms with Crippen LogP contribution in [0.4, 0.5) is 18.9 Å². The molecule has 1 aromatic carbocycles. The Balaban J connectivity index is 2.65. The summed E-state index contributed by atoms with van der Waals surface area (Å²) in [4.78, 5) is 3.04. The van der Waals surface area contributed by atoms with E-state index in [0.29, 0.717) is 0 Å². The van der Waals surface area contributed by atoms with E-state index in [9.17, 15) is 13.2 Å². The van der Waals surface area contributed by atoms with Gasteiger partial charge in [-0.15, -0.1) is 18.3 Å². The van der Waals surface area contributed by atoms with Gasteiger partial charge in [0.05, 0.1) is 0 Å². The third-order valence-electron chi connectivity index (χ3n) is 1.17. The number of nitrogens with zero attached hydrogens (tertiary/aromatic N) is 2. The van der Waals surface area contributed by atoms with Crippen molar-refractivity contribution in [2.24, 2.45) is 10.4 Å². The summed E-state index contributed by atoms with van der Waals surface area (Å²) in [5.41, 5.74) is -0.100. The number of hydrogen-bond acceptors (Lipinski definition) is 4. The van der Waals surface area contributed by atoms with Crippen LogP contribution in [-0.2, 0) is 4.84 Å². The summed E-state index contributed by atoms with van der Waals surface area (Å²) in [5.74, 6) is -0.276. The third-order valence-corrected chi connectivity index (χ3v) is 1.17. The van der Waals surface area contributed by atoms with Gasteiger partial charge < -0.3 is 5.11 Å². The molecule has 0 spiro atoms. The number of benzene rings is 1. The lowest BCUT2D eigenvalue weighted by Crippen LogP contribution is -2.07. The Morgan fingerprint density at radius 3 is 2.43 bits per heavy atom. The summed E-state index contributed by atoms with van der Waals surface area (Å²) in [6.45, 7) is 0. The highest BCUT2D eigenvalue weighted by molar-refractivity contribution is 5.49. The molecule has 0 aliphatic carbocycles. The van der Waals surface area contributed by atoms with E-state index in [4.69, 9.17) is 5.11 Å². The first-order valence-corrected chi connectivity index (χ1v) is 3.43. The predicted molar refractivity (Wildman–Crippen MR) is 39.8 cm³/mol.